The summed E-state index contributed by atoms with van der Waals surface area (Å²) in [5.41, 5.74) is 1.57. The molecule has 108 valence electrons. The lowest BCUT2D eigenvalue weighted by Gasteiger charge is -2.08. The summed E-state index contributed by atoms with van der Waals surface area (Å²) in [6.07, 6.45) is 0. The van der Waals surface area contributed by atoms with Crippen LogP contribution in [0.5, 0.6) is 0 Å². The quantitative estimate of drug-likeness (QED) is 0.694. The van der Waals surface area contributed by atoms with Crippen LogP contribution in [0.15, 0.2) is 42.5 Å². The average Bonchev–Trinajstić information content (AvgIpc) is 2.44. The topological polar surface area (TPSA) is 72.2 Å². The van der Waals surface area contributed by atoms with Gasteiger partial charge in [-0.25, -0.2) is 0 Å². The van der Waals surface area contributed by atoms with E-state index in [1.54, 1.807) is 0 Å². The molecule has 0 aromatic heterocycles. The highest BCUT2D eigenvalue weighted by molar-refractivity contribution is 6.34. The first-order valence-electron chi connectivity index (χ1n) is 6.25. The molecular formula is C15H13ClN2O3. The Morgan fingerprint density at radius 3 is 2.67 bits per heavy atom. The second-order valence-electron chi connectivity index (χ2n) is 4.56. The average molecular weight is 305 g/mol. The first kappa shape index (κ1) is 15.0. The predicted molar refractivity (Wildman–Crippen MR) is 80.5 cm³/mol. The lowest BCUT2D eigenvalue weighted by molar-refractivity contribution is -0.385. The zero-order chi connectivity index (χ0) is 15.4. The van der Waals surface area contributed by atoms with Crippen LogP contribution in [0.1, 0.15) is 21.5 Å². The van der Waals surface area contributed by atoms with Gasteiger partial charge in [0, 0.05) is 12.6 Å². The standard InChI is InChI=1S/C15H13ClN2O3/c1-10-4-2-5-11(8-10)9-17-15(19)14-12(16)6-3-7-13(14)18(20)21/h2-8H,9H2,1H3,(H,17,19). The van der Waals surface area contributed by atoms with Gasteiger partial charge in [-0.05, 0) is 18.6 Å². The van der Waals surface area contributed by atoms with Gasteiger partial charge in [-0.2, -0.15) is 0 Å². The van der Waals surface area contributed by atoms with Crippen molar-refractivity contribution in [3.05, 3.63) is 74.3 Å². The van der Waals surface area contributed by atoms with Crippen LogP contribution < -0.4 is 5.32 Å². The summed E-state index contributed by atoms with van der Waals surface area (Å²) in [5, 5.41) is 13.7. The van der Waals surface area contributed by atoms with Crippen LogP contribution in [0.4, 0.5) is 5.69 Å². The van der Waals surface area contributed by atoms with Crippen LogP contribution in [-0.2, 0) is 6.54 Å². The van der Waals surface area contributed by atoms with Crippen molar-refractivity contribution in [3.63, 3.8) is 0 Å². The number of amides is 1. The van der Waals surface area contributed by atoms with Crippen LogP contribution in [0.2, 0.25) is 5.02 Å². The molecule has 5 nitrogen and oxygen atoms in total. The summed E-state index contributed by atoms with van der Waals surface area (Å²) >= 11 is 5.91. The first-order chi connectivity index (χ1) is 9.99. The number of benzene rings is 2. The van der Waals surface area contributed by atoms with Gasteiger partial charge in [-0.3, -0.25) is 14.9 Å². The molecule has 0 aliphatic rings. The molecule has 0 spiro atoms. The van der Waals surface area contributed by atoms with Crippen molar-refractivity contribution in [1.29, 1.82) is 0 Å². The van der Waals surface area contributed by atoms with E-state index in [-0.39, 0.29) is 22.8 Å². The van der Waals surface area contributed by atoms with Gasteiger partial charge in [0.1, 0.15) is 5.56 Å². The van der Waals surface area contributed by atoms with Gasteiger partial charge in [0.25, 0.3) is 11.6 Å². The Morgan fingerprint density at radius 2 is 2.00 bits per heavy atom. The minimum absolute atomic E-state index is 0.0611. The number of nitrogens with one attached hydrogen (secondary N) is 1. The third-order valence-corrected chi connectivity index (χ3v) is 3.27. The fourth-order valence-corrected chi connectivity index (χ4v) is 2.24. The number of nitro groups is 1. The van der Waals surface area contributed by atoms with E-state index in [9.17, 15) is 14.9 Å². The molecular weight excluding hydrogens is 292 g/mol. The lowest BCUT2D eigenvalue weighted by Crippen LogP contribution is -2.24. The number of rotatable bonds is 4. The van der Waals surface area contributed by atoms with Crippen LogP contribution in [0, 0.1) is 17.0 Å². The maximum atomic E-state index is 12.1. The molecule has 0 aliphatic heterocycles. The Balaban J connectivity index is 2.19. The van der Waals surface area contributed by atoms with Gasteiger partial charge in [0.2, 0.25) is 0 Å². The largest absolute Gasteiger partial charge is 0.348 e. The number of carbonyl (C=O) groups is 1. The molecule has 0 bridgehead atoms. The molecule has 2 aromatic rings. The third kappa shape index (κ3) is 3.58. The summed E-state index contributed by atoms with van der Waals surface area (Å²) < 4.78 is 0. The Kier molecular flexibility index (Phi) is 4.55. The second kappa shape index (κ2) is 6.37. The molecule has 0 atom stereocenters. The van der Waals surface area contributed by atoms with E-state index in [0.717, 1.165) is 11.1 Å². The van der Waals surface area contributed by atoms with E-state index in [1.165, 1.54) is 18.2 Å². The Bertz CT molecular complexity index is 701. The number of halogens is 1. The predicted octanol–water partition coefficient (Wildman–Crippen LogP) is 3.49. The number of aryl methyl sites for hydroxylation is 1. The monoisotopic (exact) mass is 304 g/mol. The fourth-order valence-electron chi connectivity index (χ4n) is 1.98. The molecule has 0 fully saturated rings. The molecule has 1 amide bonds. The molecule has 2 rings (SSSR count). The van der Waals surface area contributed by atoms with Crippen LogP contribution in [0.25, 0.3) is 0 Å². The van der Waals surface area contributed by atoms with Crippen LogP contribution >= 0.6 is 11.6 Å². The zero-order valence-electron chi connectivity index (χ0n) is 11.3. The lowest BCUT2D eigenvalue weighted by atomic mass is 10.1. The molecule has 1 N–H and O–H groups in total. The van der Waals surface area contributed by atoms with E-state index in [0.29, 0.717) is 0 Å². The van der Waals surface area contributed by atoms with Gasteiger partial charge in [0.05, 0.1) is 9.95 Å². The Labute approximate surface area is 126 Å². The Hall–Kier alpha value is -2.40. The first-order valence-corrected chi connectivity index (χ1v) is 6.63. The summed E-state index contributed by atoms with van der Waals surface area (Å²) in [7, 11) is 0. The maximum absolute atomic E-state index is 12.1. The van der Waals surface area contributed by atoms with E-state index in [1.807, 2.05) is 31.2 Å². The summed E-state index contributed by atoms with van der Waals surface area (Å²) in [4.78, 5) is 22.5. The minimum atomic E-state index is -0.618. The van der Waals surface area contributed by atoms with Crippen molar-refractivity contribution >= 4 is 23.2 Å². The van der Waals surface area contributed by atoms with E-state index >= 15 is 0 Å². The van der Waals surface area contributed by atoms with Gasteiger partial charge < -0.3 is 5.32 Å². The number of nitro benzene ring substituents is 1. The molecule has 21 heavy (non-hydrogen) atoms. The van der Waals surface area contributed by atoms with E-state index < -0.39 is 10.8 Å². The van der Waals surface area contributed by atoms with Crippen molar-refractivity contribution in [2.75, 3.05) is 0 Å². The second-order valence-corrected chi connectivity index (χ2v) is 4.97. The number of hydrogen-bond acceptors (Lipinski definition) is 3. The van der Waals surface area contributed by atoms with Crippen molar-refractivity contribution in [1.82, 2.24) is 5.32 Å². The zero-order valence-corrected chi connectivity index (χ0v) is 12.1. The van der Waals surface area contributed by atoms with E-state index in [4.69, 9.17) is 11.6 Å². The molecule has 0 saturated carbocycles. The highest BCUT2D eigenvalue weighted by Gasteiger charge is 2.22. The van der Waals surface area contributed by atoms with Gasteiger partial charge >= 0.3 is 0 Å². The molecule has 0 aliphatic carbocycles. The highest BCUT2D eigenvalue weighted by Crippen LogP contribution is 2.26. The third-order valence-electron chi connectivity index (χ3n) is 2.95. The molecule has 2 aromatic carbocycles. The van der Waals surface area contributed by atoms with Gasteiger partial charge in [-0.1, -0.05) is 47.5 Å². The fraction of sp³-hybridized carbons (Fsp3) is 0.133. The molecule has 6 heteroatoms. The molecule has 0 heterocycles. The molecule has 0 saturated heterocycles. The summed E-state index contributed by atoms with van der Waals surface area (Å²) in [6.45, 7) is 2.23. The maximum Gasteiger partial charge on any atom is 0.283 e. The van der Waals surface area contributed by atoms with Crippen LogP contribution in [0.3, 0.4) is 0 Å². The molecule has 0 unspecified atom stereocenters. The van der Waals surface area contributed by atoms with Crippen molar-refractivity contribution in [2.24, 2.45) is 0 Å². The summed E-state index contributed by atoms with van der Waals surface area (Å²) in [6, 6.07) is 11.8. The SMILES string of the molecule is Cc1cccc(CNC(=O)c2c(Cl)cccc2[N+](=O)[O-])c1. The summed E-state index contributed by atoms with van der Waals surface area (Å²) in [5.74, 6) is -0.561. The highest BCUT2D eigenvalue weighted by atomic mass is 35.5. The van der Waals surface area contributed by atoms with Crippen LogP contribution in [-0.4, -0.2) is 10.8 Å². The minimum Gasteiger partial charge on any atom is -0.348 e. The Morgan fingerprint density at radius 1 is 1.29 bits per heavy atom. The van der Waals surface area contributed by atoms with Crippen molar-refractivity contribution < 1.29 is 9.72 Å². The van der Waals surface area contributed by atoms with Crippen molar-refractivity contribution in [2.45, 2.75) is 13.5 Å². The normalized spacial score (nSPS) is 10.2. The van der Waals surface area contributed by atoms with Gasteiger partial charge in [-0.15, -0.1) is 0 Å². The number of nitrogens with zero attached hydrogens (tertiary/aromatic N) is 1. The smallest absolute Gasteiger partial charge is 0.283 e. The van der Waals surface area contributed by atoms with Gasteiger partial charge in [0.15, 0.2) is 0 Å². The molecule has 0 radical (unpaired) electrons. The number of carbonyl (C=O) groups excluding carboxylic acids is 1. The van der Waals surface area contributed by atoms with E-state index in [2.05, 4.69) is 5.32 Å². The number of hydrogen-bond donors (Lipinski definition) is 1. The van der Waals surface area contributed by atoms with Crippen molar-refractivity contribution in [3.8, 4) is 0 Å².